The second-order valence-corrected chi connectivity index (χ2v) is 11.1. The summed E-state index contributed by atoms with van der Waals surface area (Å²) in [4.78, 5) is 44.2. The van der Waals surface area contributed by atoms with Crippen molar-refractivity contribution in [1.82, 2.24) is 5.32 Å². The number of anilines is 2. The fraction of sp³-hybridized carbons (Fsp3) is 0.571. The smallest absolute Gasteiger partial charge is 0.270 e. The molecule has 0 radical (unpaired) electrons. The van der Waals surface area contributed by atoms with Gasteiger partial charge < -0.3 is 26.4 Å². The molecule has 1 unspecified atom stereocenters. The van der Waals surface area contributed by atoms with Crippen LogP contribution in [0.2, 0.25) is 0 Å². The zero-order valence-electron chi connectivity index (χ0n) is 21.6. The molecule has 5 rings (SSSR count). The summed E-state index contributed by atoms with van der Waals surface area (Å²) in [5.74, 6) is 0.309. The summed E-state index contributed by atoms with van der Waals surface area (Å²) in [5, 5.41) is 9.04. The molecule has 198 valence electrons. The van der Waals surface area contributed by atoms with Crippen molar-refractivity contribution in [3.63, 3.8) is 0 Å². The number of nitrogens with two attached hydrogens (primary N) is 1. The molecule has 1 saturated heterocycles. The van der Waals surface area contributed by atoms with Gasteiger partial charge in [-0.3, -0.25) is 19.4 Å². The quantitative estimate of drug-likeness (QED) is 0.381. The Bertz CT molecular complexity index is 1120. The Morgan fingerprint density at radius 2 is 1.84 bits per heavy atom. The summed E-state index contributed by atoms with van der Waals surface area (Å²) in [6.07, 6.45) is 8.36. The fourth-order valence-corrected chi connectivity index (χ4v) is 5.93. The topological polar surface area (TPSA) is 135 Å². The molecule has 9 nitrogen and oxygen atoms in total. The van der Waals surface area contributed by atoms with Crippen LogP contribution < -0.4 is 21.7 Å². The molecule has 0 bridgehead atoms. The number of nitrogens with zero attached hydrogens (tertiary/aromatic N) is 1. The third kappa shape index (κ3) is 5.28. The number of carbonyl (C=O) groups excluding carboxylic acids is 3. The monoisotopic (exact) mass is 507 g/mol. The van der Waals surface area contributed by atoms with Gasteiger partial charge in [0.15, 0.2) is 0 Å². The molecule has 2 aliphatic heterocycles. The number of carbonyl (C=O) groups is 3. The molecule has 2 saturated carbocycles. The Hall–Kier alpha value is -3.20. The lowest BCUT2D eigenvalue weighted by atomic mass is 9.75. The molecule has 1 atom stereocenters. The van der Waals surface area contributed by atoms with Crippen molar-refractivity contribution in [2.24, 2.45) is 28.5 Å². The van der Waals surface area contributed by atoms with Crippen molar-refractivity contribution in [3.8, 4) is 0 Å². The maximum atomic E-state index is 13.7. The number of nitrogens with one attached hydrogen (secondary N) is 3. The van der Waals surface area contributed by atoms with Gasteiger partial charge in [0, 0.05) is 30.6 Å². The third-order valence-electron chi connectivity index (χ3n) is 8.00. The van der Waals surface area contributed by atoms with Gasteiger partial charge in [0.1, 0.15) is 11.8 Å². The number of hydrogen-bond acceptors (Lipinski definition) is 6. The fourth-order valence-electron chi connectivity index (χ4n) is 5.93. The highest BCUT2D eigenvalue weighted by molar-refractivity contribution is 6.43. The lowest BCUT2D eigenvalue weighted by molar-refractivity contribution is -0.124. The predicted molar refractivity (Wildman–Crippen MR) is 142 cm³/mol. The van der Waals surface area contributed by atoms with Gasteiger partial charge in [0.25, 0.3) is 5.91 Å². The minimum Gasteiger partial charge on any atom is -0.405 e. The Morgan fingerprint density at radius 1 is 1.16 bits per heavy atom. The van der Waals surface area contributed by atoms with Crippen molar-refractivity contribution in [2.45, 2.75) is 69.9 Å². The SMILES string of the molecule is CC(C)N=C(/C=C\N)C(=O)NC(C(=O)Nc1ccc2c(c1)NC(=O)C21CCOCC1)C(C1CC1)C1CC1. The minimum atomic E-state index is -0.680. The zero-order chi connectivity index (χ0) is 26.2. The van der Waals surface area contributed by atoms with Crippen LogP contribution in [0.5, 0.6) is 0 Å². The van der Waals surface area contributed by atoms with Gasteiger partial charge in [0.2, 0.25) is 11.8 Å². The predicted octanol–water partition coefficient (Wildman–Crippen LogP) is 2.87. The van der Waals surface area contributed by atoms with Crippen LogP contribution in [0.4, 0.5) is 11.4 Å². The summed E-state index contributed by atoms with van der Waals surface area (Å²) >= 11 is 0. The summed E-state index contributed by atoms with van der Waals surface area (Å²) in [7, 11) is 0. The first-order valence-electron chi connectivity index (χ1n) is 13.4. The van der Waals surface area contributed by atoms with Gasteiger partial charge in [-0.1, -0.05) is 6.07 Å². The largest absolute Gasteiger partial charge is 0.405 e. The van der Waals surface area contributed by atoms with Crippen molar-refractivity contribution in [3.05, 3.63) is 36.0 Å². The van der Waals surface area contributed by atoms with E-state index in [1.807, 2.05) is 32.0 Å². The van der Waals surface area contributed by atoms with Gasteiger partial charge in [-0.15, -0.1) is 0 Å². The molecule has 2 heterocycles. The third-order valence-corrected chi connectivity index (χ3v) is 8.00. The molecule has 0 aromatic heterocycles. The van der Waals surface area contributed by atoms with Gasteiger partial charge in [-0.2, -0.15) is 0 Å². The zero-order valence-corrected chi connectivity index (χ0v) is 21.6. The molecule has 3 amide bonds. The van der Waals surface area contributed by atoms with E-state index in [4.69, 9.17) is 10.5 Å². The molecule has 3 fully saturated rings. The van der Waals surface area contributed by atoms with Crippen LogP contribution in [0.3, 0.4) is 0 Å². The van der Waals surface area contributed by atoms with Crippen LogP contribution in [0, 0.1) is 17.8 Å². The van der Waals surface area contributed by atoms with E-state index in [1.165, 1.54) is 12.3 Å². The number of fused-ring (bicyclic) bond motifs is 2. The van der Waals surface area contributed by atoms with E-state index in [2.05, 4.69) is 20.9 Å². The van der Waals surface area contributed by atoms with Crippen LogP contribution >= 0.6 is 0 Å². The Morgan fingerprint density at radius 3 is 2.43 bits per heavy atom. The summed E-state index contributed by atoms with van der Waals surface area (Å²) < 4.78 is 5.49. The van der Waals surface area contributed by atoms with E-state index in [-0.39, 0.29) is 29.5 Å². The maximum Gasteiger partial charge on any atom is 0.270 e. The van der Waals surface area contributed by atoms with Gasteiger partial charge in [-0.25, -0.2) is 0 Å². The van der Waals surface area contributed by atoms with Crippen LogP contribution in [0.1, 0.15) is 57.9 Å². The van der Waals surface area contributed by atoms with Crippen LogP contribution in [0.15, 0.2) is 35.5 Å². The first-order chi connectivity index (χ1) is 17.8. The van der Waals surface area contributed by atoms with Crippen molar-refractivity contribution in [1.29, 1.82) is 0 Å². The first kappa shape index (κ1) is 25.4. The lowest BCUT2D eigenvalue weighted by Crippen LogP contribution is -2.51. The highest BCUT2D eigenvalue weighted by atomic mass is 16.5. The summed E-state index contributed by atoms with van der Waals surface area (Å²) in [6, 6.07) is 4.83. The second-order valence-electron chi connectivity index (χ2n) is 11.1. The molecule has 37 heavy (non-hydrogen) atoms. The molecular weight excluding hydrogens is 470 g/mol. The highest BCUT2D eigenvalue weighted by Gasteiger charge is 2.49. The van der Waals surface area contributed by atoms with E-state index in [0.717, 1.165) is 36.9 Å². The van der Waals surface area contributed by atoms with Crippen LogP contribution in [-0.2, 0) is 24.5 Å². The van der Waals surface area contributed by atoms with E-state index < -0.39 is 17.4 Å². The Kier molecular flexibility index (Phi) is 7.07. The number of amides is 3. The van der Waals surface area contributed by atoms with Gasteiger partial charge in [-0.05, 0) is 100 Å². The molecule has 9 heteroatoms. The molecular formula is C28H37N5O4. The van der Waals surface area contributed by atoms with Crippen molar-refractivity contribution in [2.75, 3.05) is 23.8 Å². The van der Waals surface area contributed by atoms with Crippen LogP contribution in [0.25, 0.3) is 0 Å². The number of benzene rings is 1. The average molecular weight is 508 g/mol. The van der Waals surface area contributed by atoms with Gasteiger partial charge >= 0.3 is 0 Å². The Balaban J connectivity index is 1.37. The van der Waals surface area contributed by atoms with E-state index in [0.29, 0.717) is 43.6 Å². The molecule has 2 aliphatic carbocycles. The molecule has 1 aromatic carbocycles. The summed E-state index contributed by atoms with van der Waals surface area (Å²) in [6.45, 7) is 4.88. The average Bonchev–Trinajstić information content (AvgIpc) is 3.79. The minimum absolute atomic E-state index is 0.00752. The maximum absolute atomic E-state index is 13.7. The van der Waals surface area contributed by atoms with E-state index in [9.17, 15) is 14.4 Å². The number of rotatable bonds is 9. The Labute approximate surface area is 217 Å². The highest BCUT2D eigenvalue weighted by Crippen LogP contribution is 2.51. The molecule has 1 spiro atoms. The number of hydrogen-bond donors (Lipinski definition) is 4. The molecule has 1 aromatic rings. The summed E-state index contributed by atoms with van der Waals surface area (Å²) in [5.41, 5.74) is 7.49. The molecule has 4 aliphatic rings. The number of ether oxygens (including phenoxy) is 1. The van der Waals surface area contributed by atoms with E-state index in [1.54, 1.807) is 0 Å². The van der Waals surface area contributed by atoms with Crippen molar-refractivity contribution < 1.29 is 19.1 Å². The number of aliphatic imine (C=N–C) groups is 1. The normalized spacial score (nSPS) is 21.8. The lowest BCUT2D eigenvalue weighted by Gasteiger charge is -2.31. The second kappa shape index (κ2) is 10.3. The first-order valence-corrected chi connectivity index (χ1v) is 13.4. The van der Waals surface area contributed by atoms with Crippen molar-refractivity contribution >= 4 is 34.8 Å². The van der Waals surface area contributed by atoms with Gasteiger partial charge in [0.05, 0.1) is 5.41 Å². The standard InChI is InChI=1S/C28H37N5O4/c1-16(2)30-21(9-12-29)25(34)33-24(23(17-3-4-17)18-5-6-18)26(35)31-19-7-8-20-22(15-19)32-27(36)28(20)10-13-37-14-11-28/h7-9,12,15-18,23-24H,3-6,10-11,13-14,29H2,1-2H3,(H,31,35)(H,32,36)(H,33,34)/b12-9-,30-21?. The molecule has 5 N–H and O–H groups in total. The van der Waals surface area contributed by atoms with Crippen LogP contribution in [-0.4, -0.2) is 48.7 Å². The van der Waals surface area contributed by atoms with E-state index >= 15 is 0 Å².